The molecule has 0 unspecified atom stereocenters. The first-order chi connectivity index (χ1) is 15.3. The zero-order valence-electron chi connectivity index (χ0n) is 17.7. The Balaban J connectivity index is 1.44. The standard InChI is InChI=1S/C25H27NO5/c1-27-21-13-8-14-22(28-2)25(21)29-16-15-26-24(18-9-4-3-5-10-18)23-17-30-19-11-6-7-12-20(19)31-23/h3-14,23-24,26H,15-17H2,1-2H3/t23-,24+/m0/s1. The van der Waals surface area contributed by atoms with E-state index in [1.807, 2.05) is 60.7 Å². The van der Waals surface area contributed by atoms with Gasteiger partial charge in [0.05, 0.1) is 20.3 Å². The highest BCUT2D eigenvalue weighted by Gasteiger charge is 2.29. The third kappa shape index (κ3) is 4.86. The maximum Gasteiger partial charge on any atom is 0.203 e. The Labute approximate surface area is 182 Å². The molecule has 0 aromatic heterocycles. The van der Waals surface area contributed by atoms with Crippen molar-refractivity contribution in [1.82, 2.24) is 5.32 Å². The summed E-state index contributed by atoms with van der Waals surface area (Å²) >= 11 is 0. The van der Waals surface area contributed by atoms with Gasteiger partial charge in [-0.05, 0) is 29.8 Å². The SMILES string of the molecule is COc1cccc(OC)c1OCCN[C@H](c1ccccc1)[C@@H]1COc2ccccc2O1. The Morgan fingerprint density at radius 2 is 1.55 bits per heavy atom. The first-order valence-corrected chi connectivity index (χ1v) is 10.3. The molecule has 1 aliphatic rings. The van der Waals surface area contributed by atoms with Crippen LogP contribution < -0.4 is 29.0 Å². The molecule has 6 heteroatoms. The molecule has 0 aliphatic carbocycles. The summed E-state index contributed by atoms with van der Waals surface area (Å²) in [6.45, 7) is 1.50. The van der Waals surface area contributed by atoms with E-state index in [2.05, 4.69) is 17.4 Å². The van der Waals surface area contributed by atoms with Gasteiger partial charge in [0.2, 0.25) is 5.75 Å². The van der Waals surface area contributed by atoms with Crippen LogP contribution in [0.4, 0.5) is 0 Å². The summed E-state index contributed by atoms with van der Waals surface area (Å²) in [5, 5.41) is 3.57. The van der Waals surface area contributed by atoms with Crippen LogP contribution in [0.25, 0.3) is 0 Å². The molecule has 0 saturated carbocycles. The van der Waals surface area contributed by atoms with Crippen LogP contribution in [0.2, 0.25) is 0 Å². The fourth-order valence-corrected chi connectivity index (χ4v) is 3.65. The van der Waals surface area contributed by atoms with Crippen LogP contribution >= 0.6 is 0 Å². The van der Waals surface area contributed by atoms with E-state index in [9.17, 15) is 0 Å². The van der Waals surface area contributed by atoms with Crippen molar-refractivity contribution in [2.75, 3.05) is 34.0 Å². The van der Waals surface area contributed by atoms with Crippen molar-refractivity contribution >= 4 is 0 Å². The molecule has 1 heterocycles. The van der Waals surface area contributed by atoms with Gasteiger partial charge in [-0.25, -0.2) is 0 Å². The predicted molar refractivity (Wildman–Crippen MR) is 119 cm³/mol. The van der Waals surface area contributed by atoms with E-state index in [0.29, 0.717) is 37.0 Å². The number of ether oxygens (including phenoxy) is 5. The largest absolute Gasteiger partial charge is 0.493 e. The average molecular weight is 421 g/mol. The molecule has 31 heavy (non-hydrogen) atoms. The molecule has 0 spiro atoms. The van der Waals surface area contributed by atoms with E-state index in [4.69, 9.17) is 23.7 Å². The molecule has 0 bridgehead atoms. The quantitative estimate of drug-likeness (QED) is 0.521. The molecular weight excluding hydrogens is 394 g/mol. The van der Waals surface area contributed by atoms with Gasteiger partial charge in [-0.1, -0.05) is 48.5 Å². The molecule has 6 nitrogen and oxygen atoms in total. The summed E-state index contributed by atoms with van der Waals surface area (Å²) < 4.78 is 29.0. The zero-order valence-corrected chi connectivity index (χ0v) is 17.7. The molecule has 0 amide bonds. The van der Waals surface area contributed by atoms with Gasteiger partial charge in [-0.2, -0.15) is 0 Å². The third-order valence-corrected chi connectivity index (χ3v) is 5.16. The zero-order chi connectivity index (χ0) is 21.5. The second-order valence-corrected chi connectivity index (χ2v) is 7.10. The Morgan fingerprint density at radius 1 is 0.871 bits per heavy atom. The monoisotopic (exact) mass is 421 g/mol. The van der Waals surface area contributed by atoms with Gasteiger partial charge in [0.15, 0.2) is 29.1 Å². The fraction of sp³-hybridized carbons (Fsp3) is 0.280. The second kappa shape index (κ2) is 10.1. The molecule has 3 aromatic rings. The lowest BCUT2D eigenvalue weighted by atomic mass is 10.0. The molecule has 4 rings (SSSR count). The van der Waals surface area contributed by atoms with Crippen molar-refractivity contribution < 1.29 is 23.7 Å². The lowest BCUT2D eigenvalue weighted by Crippen LogP contribution is -2.42. The summed E-state index contributed by atoms with van der Waals surface area (Å²) in [4.78, 5) is 0. The summed E-state index contributed by atoms with van der Waals surface area (Å²) in [5.74, 6) is 3.41. The van der Waals surface area contributed by atoms with E-state index in [1.165, 1.54) is 0 Å². The number of hydrogen-bond acceptors (Lipinski definition) is 6. The van der Waals surface area contributed by atoms with Gasteiger partial charge >= 0.3 is 0 Å². The number of methoxy groups -OCH3 is 2. The Morgan fingerprint density at radius 3 is 2.26 bits per heavy atom. The van der Waals surface area contributed by atoms with Crippen LogP contribution in [0.1, 0.15) is 11.6 Å². The van der Waals surface area contributed by atoms with Crippen LogP contribution in [0, 0.1) is 0 Å². The van der Waals surface area contributed by atoms with E-state index in [1.54, 1.807) is 14.2 Å². The van der Waals surface area contributed by atoms with Crippen molar-refractivity contribution in [2.45, 2.75) is 12.1 Å². The van der Waals surface area contributed by atoms with Gasteiger partial charge in [-0.3, -0.25) is 0 Å². The van der Waals surface area contributed by atoms with Crippen molar-refractivity contribution in [1.29, 1.82) is 0 Å². The number of para-hydroxylation sites is 3. The van der Waals surface area contributed by atoms with Crippen LogP contribution in [0.3, 0.4) is 0 Å². The van der Waals surface area contributed by atoms with Crippen molar-refractivity contribution in [3.8, 4) is 28.7 Å². The van der Waals surface area contributed by atoms with Crippen molar-refractivity contribution in [3.63, 3.8) is 0 Å². The minimum Gasteiger partial charge on any atom is -0.493 e. The summed E-state index contributed by atoms with van der Waals surface area (Å²) in [5.41, 5.74) is 1.13. The molecular formula is C25H27NO5. The smallest absolute Gasteiger partial charge is 0.203 e. The van der Waals surface area contributed by atoms with Crippen LogP contribution in [-0.2, 0) is 0 Å². The van der Waals surface area contributed by atoms with E-state index < -0.39 is 0 Å². The lowest BCUT2D eigenvalue weighted by molar-refractivity contribution is 0.0604. The minimum atomic E-state index is -0.168. The topological polar surface area (TPSA) is 58.2 Å². The number of rotatable bonds is 9. The molecule has 0 radical (unpaired) electrons. The summed E-state index contributed by atoms with van der Waals surface area (Å²) in [6.07, 6.45) is -0.168. The van der Waals surface area contributed by atoms with E-state index in [-0.39, 0.29) is 12.1 Å². The Hall–Kier alpha value is -3.38. The van der Waals surface area contributed by atoms with Crippen molar-refractivity contribution in [3.05, 3.63) is 78.4 Å². The maximum absolute atomic E-state index is 6.27. The van der Waals surface area contributed by atoms with E-state index >= 15 is 0 Å². The number of nitrogens with one attached hydrogen (secondary N) is 1. The summed E-state index contributed by atoms with van der Waals surface area (Å²) in [6, 6.07) is 23.5. The highest BCUT2D eigenvalue weighted by atomic mass is 16.6. The number of benzene rings is 3. The Kier molecular flexibility index (Phi) is 6.79. The van der Waals surface area contributed by atoms with Gasteiger partial charge in [0.25, 0.3) is 0 Å². The number of hydrogen-bond donors (Lipinski definition) is 1. The molecule has 1 aliphatic heterocycles. The molecule has 3 aromatic carbocycles. The molecule has 1 N–H and O–H groups in total. The van der Waals surface area contributed by atoms with Gasteiger partial charge < -0.3 is 29.0 Å². The van der Waals surface area contributed by atoms with Gasteiger partial charge in [0.1, 0.15) is 13.2 Å². The third-order valence-electron chi connectivity index (χ3n) is 5.16. The molecule has 162 valence electrons. The summed E-state index contributed by atoms with van der Waals surface area (Å²) in [7, 11) is 3.23. The minimum absolute atomic E-state index is 0.0577. The fourth-order valence-electron chi connectivity index (χ4n) is 3.65. The van der Waals surface area contributed by atoms with E-state index in [0.717, 1.165) is 17.1 Å². The number of fused-ring (bicyclic) bond motifs is 1. The predicted octanol–water partition coefficient (Wildman–Crippen LogP) is 4.25. The van der Waals surface area contributed by atoms with Crippen LogP contribution in [0.5, 0.6) is 28.7 Å². The normalized spacial score (nSPS) is 15.7. The lowest BCUT2D eigenvalue weighted by Gasteiger charge is -2.33. The first kappa shape index (κ1) is 20.9. The van der Waals surface area contributed by atoms with Crippen molar-refractivity contribution in [2.24, 2.45) is 0 Å². The van der Waals surface area contributed by atoms with Crippen LogP contribution in [0.15, 0.2) is 72.8 Å². The highest BCUT2D eigenvalue weighted by molar-refractivity contribution is 5.51. The average Bonchev–Trinajstić information content (AvgIpc) is 2.84. The highest BCUT2D eigenvalue weighted by Crippen LogP contribution is 2.37. The molecule has 0 fully saturated rings. The first-order valence-electron chi connectivity index (χ1n) is 10.3. The maximum atomic E-state index is 6.27. The molecule has 2 atom stereocenters. The Bertz CT molecular complexity index is 956. The molecule has 0 saturated heterocycles. The van der Waals surface area contributed by atoms with Gasteiger partial charge in [0, 0.05) is 6.54 Å². The van der Waals surface area contributed by atoms with Gasteiger partial charge in [-0.15, -0.1) is 0 Å². The van der Waals surface area contributed by atoms with Crippen LogP contribution in [-0.4, -0.2) is 40.1 Å². The second-order valence-electron chi connectivity index (χ2n) is 7.10.